The Morgan fingerprint density at radius 1 is 1.62 bits per heavy atom. The molecule has 0 spiro atoms. The summed E-state index contributed by atoms with van der Waals surface area (Å²) in [4.78, 5) is 16.5. The molecule has 3 nitrogen and oxygen atoms in total. The van der Waals surface area contributed by atoms with Gasteiger partial charge in [-0.05, 0) is 6.42 Å². The van der Waals surface area contributed by atoms with Crippen molar-refractivity contribution in [2.45, 2.75) is 26.2 Å². The van der Waals surface area contributed by atoms with Crippen LogP contribution in [0.1, 0.15) is 25.4 Å². The lowest BCUT2D eigenvalue weighted by molar-refractivity contribution is 0.00720. The van der Waals surface area contributed by atoms with Gasteiger partial charge in [-0.15, -0.1) is 0 Å². The highest BCUT2D eigenvalue weighted by molar-refractivity contribution is 5.05. The van der Waals surface area contributed by atoms with Gasteiger partial charge in [-0.2, -0.15) is 8.78 Å². The number of H-pyrrole nitrogens is 1. The smallest absolute Gasteiger partial charge is 0.302 e. The number of hydrogen-bond donors (Lipinski definition) is 1. The number of aromatic nitrogens is 2. The van der Waals surface area contributed by atoms with E-state index in [0.29, 0.717) is 19.0 Å². The Labute approximate surface area is 73.8 Å². The number of hydrogen-bond acceptors (Lipinski definition) is 2. The summed E-state index contributed by atoms with van der Waals surface area (Å²) in [6.45, 7) is 2.45. The maximum Gasteiger partial charge on any atom is 0.302 e. The van der Waals surface area contributed by atoms with Crippen LogP contribution in [0.5, 0.6) is 0 Å². The molecule has 0 atom stereocenters. The zero-order valence-corrected chi connectivity index (χ0v) is 7.40. The Hall–Kier alpha value is -1.26. The minimum atomic E-state index is -3.09. The number of alkyl halides is 2. The van der Waals surface area contributed by atoms with Gasteiger partial charge in [0, 0.05) is 18.7 Å². The van der Waals surface area contributed by atoms with Crippen LogP contribution >= 0.6 is 0 Å². The minimum absolute atomic E-state index is 0.375. The van der Waals surface area contributed by atoms with E-state index in [4.69, 9.17) is 0 Å². The number of aromatic amines is 1. The van der Waals surface area contributed by atoms with E-state index in [2.05, 4.69) is 4.98 Å². The third-order valence-corrected chi connectivity index (χ3v) is 1.57. The van der Waals surface area contributed by atoms with Crippen molar-refractivity contribution >= 4 is 0 Å². The lowest BCUT2D eigenvalue weighted by Gasteiger charge is -2.09. The quantitative estimate of drug-likeness (QED) is 0.763. The van der Waals surface area contributed by atoms with E-state index in [9.17, 15) is 13.6 Å². The van der Waals surface area contributed by atoms with E-state index in [-0.39, 0.29) is 0 Å². The van der Waals surface area contributed by atoms with E-state index in [1.165, 1.54) is 6.07 Å². The van der Waals surface area contributed by atoms with Crippen molar-refractivity contribution in [2.24, 2.45) is 0 Å². The first-order valence-corrected chi connectivity index (χ1v) is 3.92. The van der Waals surface area contributed by atoms with Crippen molar-refractivity contribution in [3.8, 4) is 0 Å². The van der Waals surface area contributed by atoms with Crippen LogP contribution in [0.15, 0.2) is 10.9 Å². The van der Waals surface area contributed by atoms with Gasteiger partial charge < -0.3 is 4.98 Å². The summed E-state index contributed by atoms with van der Waals surface area (Å²) in [5.41, 5.74) is -0.163. The van der Waals surface area contributed by atoms with Gasteiger partial charge in [-0.25, -0.2) is 4.98 Å². The molecule has 0 aliphatic carbocycles. The van der Waals surface area contributed by atoms with Crippen LogP contribution in [-0.2, 0) is 12.3 Å². The Morgan fingerprint density at radius 2 is 2.23 bits per heavy atom. The zero-order valence-electron chi connectivity index (χ0n) is 7.40. The topological polar surface area (TPSA) is 45.8 Å². The Kier molecular flexibility index (Phi) is 2.45. The van der Waals surface area contributed by atoms with E-state index in [1.807, 2.05) is 4.98 Å². The molecule has 0 unspecified atom stereocenters. The molecule has 72 valence electrons. The second-order valence-corrected chi connectivity index (χ2v) is 2.83. The van der Waals surface area contributed by atoms with Crippen molar-refractivity contribution in [1.29, 1.82) is 0 Å². The summed E-state index contributed by atoms with van der Waals surface area (Å²) in [7, 11) is 0. The third kappa shape index (κ3) is 2.34. The zero-order chi connectivity index (χ0) is 10.1. The molecule has 0 aliphatic heterocycles. The lowest BCUT2D eigenvalue weighted by Crippen LogP contribution is -2.20. The highest BCUT2D eigenvalue weighted by atomic mass is 19.3. The van der Waals surface area contributed by atoms with E-state index < -0.39 is 17.3 Å². The standard InChI is InChI=1S/C8H10F2N2O/c1-3-5-4-6(13)12-7(11-5)8(2,9)10/h4H,3H2,1-2H3,(H,11,12,13). The molecule has 0 saturated heterocycles. The number of halogens is 2. The van der Waals surface area contributed by atoms with Crippen LogP contribution in [0.25, 0.3) is 0 Å². The fourth-order valence-electron chi connectivity index (χ4n) is 0.897. The molecule has 13 heavy (non-hydrogen) atoms. The summed E-state index contributed by atoms with van der Waals surface area (Å²) in [5.74, 6) is -3.67. The van der Waals surface area contributed by atoms with Gasteiger partial charge in [-0.3, -0.25) is 4.79 Å². The van der Waals surface area contributed by atoms with E-state index in [0.717, 1.165) is 0 Å². The van der Waals surface area contributed by atoms with Crippen LogP contribution in [0, 0.1) is 0 Å². The van der Waals surface area contributed by atoms with Gasteiger partial charge in [0.1, 0.15) is 0 Å². The van der Waals surface area contributed by atoms with Crippen molar-refractivity contribution in [3.05, 3.63) is 27.9 Å². The fourth-order valence-corrected chi connectivity index (χ4v) is 0.897. The molecule has 0 aliphatic rings. The first kappa shape index (κ1) is 9.83. The third-order valence-electron chi connectivity index (χ3n) is 1.57. The number of nitrogens with zero attached hydrogens (tertiary/aromatic N) is 1. The molecule has 0 bridgehead atoms. The molecule has 5 heteroatoms. The van der Waals surface area contributed by atoms with Gasteiger partial charge in [0.25, 0.3) is 5.56 Å². The Morgan fingerprint density at radius 3 is 2.69 bits per heavy atom. The molecule has 0 fully saturated rings. The van der Waals surface area contributed by atoms with Gasteiger partial charge in [0.15, 0.2) is 5.82 Å². The molecule has 0 radical (unpaired) electrons. The summed E-state index contributed by atoms with van der Waals surface area (Å²) >= 11 is 0. The molecule has 1 aromatic heterocycles. The highest BCUT2D eigenvalue weighted by Gasteiger charge is 2.27. The maximum absolute atomic E-state index is 12.7. The predicted molar refractivity (Wildman–Crippen MR) is 43.8 cm³/mol. The summed E-state index contributed by atoms with van der Waals surface area (Å²) < 4.78 is 25.4. The van der Waals surface area contributed by atoms with Crippen molar-refractivity contribution in [1.82, 2.24) is 9.97 Å². The second kappa shape index (κ2) is 3.24. The molecule has 1 rings (SSSR count). The average molecular weight is 188 g/mol. The van der Waals surface area contributed by atoms with Crippen LogP contribution in [0.3, 0.4) is 0 Å². The van der Waals surface area contributed by atoms with E-state index in [1.54, 1.807) is 6.92 Å². The van der Waals surface area contributed by atoms with Crippen molar-refractivity contribution in [3.63, 3.8) is 0 Å². The molecular weight excluding hydrogens is 178 g/mol. The van der Waals surface area contributed by atoms with Gasteiger partial charge >= 0.3 is 5.92 Å². The number of nitrogens with one attached hydrogen (secondary N) is 1. The molecular formula is C8H10F2N2O. The average Bonchev–Trinajstić information content (AvgIpc) is 2.01. The Balaban J connectivity index is 3.24. The molecule has 0 amide bonds. The van der Waals surface area contributed by atoms with E-state index >= 15 is 0 Å². The SMILES string of the molecule is CCc1cc(=O)[nH]c(C(C)(F)F)n1. The first-order valence-electron chi connectivity index (χ1n) is 3.92. The molecule has 0 aromatic carbocycles. The summed E-state index contributed by atoms with van der Waals surface area (Å²) in [6, 6.07) is 1.22. The monoisotopic (exact) mass is 188 g/mol. The van der Waals surface area contributed by atoms with Gasteiger partial charge in [0.2, 0.25) is 0 Å². The molecule has 1 heterocycles. The van der Waals surface area contributed by atoms with Crippen molar-refractivity contribution < 1.29 is 8.78 Å². The summed E-state index contributed by atoms with van der Waals surface area (Å²) in [5, 5.41) is 0. The Bertz CT molecular complexity index is 354. The maximum atomic E-state index is 12.7. The summed E-state index contributed by atoms with van der Waals surface area (Å²) in [6.07, 6.45) is 0.465. The second-order valence-electron chi connectivity index (χ2n) is 2.83. The molecule has 0 saturated carbocycles. The normalized spacial score (nSPS) is 11.7. The first-order chi connectivity index (χ1) is 5.93. The highest BCUT2D eigenvalue weighted by Crippen LogP contribution is 2.22. The van der Waals surface area contributed by atoms with Gasteiger partial charge in [0.05, 0.1) is 0 Å². The van der Waals surface area contributed by atoms with Crippen LogP contribution < -0.4 is 5.56 Å². The van der Waals surface area contributed by atoms with Crippen LogP contribution in [0.2, 0.25) is 0 Å². The number of aryl methyl sites for hydroxylation is 1. The largest absolute Gasteiger partial charge is 0.305 e. The minimum Gasteiger partial charge on any atom is -0.305 e. The van der Waals surface area contributed by atoms with Crippen LogP contribution in [0.4, 0.5) is 8.78 Å². The number of rotatable bonds is 2. The molecule has 1 N–H and O–H groups in total. The predicted octanol–water partition coefficient (Wildman–Crippen LogP) is 1.44. The lowest BCUT2D eigenvalue weighted by atomic mass is 10.3. The van der Waals surface area contributed by atoms with Gasteiger partial charge in [-0.1, -0.05) is 6.92 Å². The van der Waals surface area contributed by atoms with Crippen molar-refractivity contribution in [2.75, 3.05) is 0 Å². The fraction of sp³-hybridized carbons (Fsp3) is 0.500. The molecule has 1 aromatic rings. The van der Waals surface area contributed by atoms with Crippen LogP contribution in [-0.4, -0.2) is 9.97 Å².